The minimum Gasteiger partial charge on any atom is -0.506 e. The van der Waals surface area contributed by atoms with Crippen LogP contribution >= 0.6 is 43.6 Å². The predicted molar refractivity (Wildman–Crippen MR) is 135 cm³/mol. The number of carbonyl (C=O) groups excluding carboxylic acids is 2. The molecule has 2 aromatic carbocycles. The molecule has 1 aliphatic rings. The number of para-hydroxylation sites is 1. The Morgan fingerprint density at radius 1 is 1.15 bits per heavy atom. The highest BCUT2D eigenvalue weighted by Crippen LogP contribution is 2.42. The summed E-state index contributed by atoms with van der Waals surface area (Å²) in [6.45, 7) is 1.63. The summed E-state index contributed by atoms with van der Waals surface area (Å²) >= 11 is 8.03. The van der Waals surface area contributed by atoms with E-state index in [2.05, 4.69) is 41.6 Å². The maximum absolute atomic E-state index is 12.5. The lowest BCUT2D eigenvalue weighted by Gasteiger charge is -2.10. The second kappa shape index (κ2) is 11.5. The number of esters is 2. The quantitative estimate of drug-likeness (QED) is 0.394. The van der Waals surface area contributed by atoms with Crippen molar-refractivity contribution in [2.75, 3.05) is 20.3 Å². The highest BCUT2D eigenvalue weighted by Gasteiger charge is 2.33. The predicted octanol–water partition coefficient (Wildman–Crippen LogP) is 5.96. The molecule has 0 bridgehead atoms. The van der Waals surface area contributed by atoms with Gasteiger partial charge in [-0.25, -0.2) is 14.6 Å². The van der Waals surface area contributed by atoms with Gasteiger partial charge in [0.1, 0.15) is 22.1 Å². The van der Waals surface area contributed by atoms with Crippen molar-refractivity contribution in [1.82, 2.24) is 0 Å². The van der Waals surface area contributed by atoms with Crippen molar-refractivity contribution < 1.29 is 28.9 Å². The van der Waals surface area contributed by atoms with Crippen molar-refractivity contribution in [2.24, 2.45) is 4.99 Å². The number of carbonyl (C=O) groups is 2. The van der Waals surface area contributed by atoms with Crippen molar-refractivity contribution in [1.29, 1.82) is 0 Å². The summed E-state index contributed by atoms with van der Waals surface area (Å²) in [4.78, 5) is 28.9. The van der Waals surface area contributed by atoms with E-state index in [0.29, 0.717) is 35.9 Å². The fraction of sp³-hybridized carbons (Fsp3) is 0.174. The first-order valence-corrected chi connectivity index (χ1v) is 12.1. The largest absolute Gasteiger partial charge is 0.506 e. The Hall–Kier alpha value is -2.56. The Balaban J connectivity index is 1.96. The van der Waals surface area contributed by atoms with E-state index in [9.17, 15) is 14.7 Å². The Labute approximate surface area is 211 Å². The smallest absolute Gasteiger partial charge is 0.344 e. The standard InChI is InChI=1S/C23H19Br2NO6S/c1-3-31-23(29)19-20(28)17(33-22(19)26-14-7-5-4-6-8-14)11-13-9-15(24)21(16(25)10-13)32-12-18(27)30-2/h4-11,28H,3,12H2,1-2H3/b17-11-,26-22?. The van der Waals surface area contributed by atoms with Gasteiger partial charge in [0.05, 0.1) is 33.3 Å². The maximum Gasteiger partial charge on any atom is 0.344 e. The molecule has 1 N–H and O–H groups in total. The average Bonchev–Trinajstić information content (AvgIpc) is 3.08. The molecule has 0 amide bonds. The molecule has 7 nitrogen and oxygen atoms in total. The Morgan fingerprint density at radius 2 is 1.82 bits per heavy atom. The van der Waals surface area contributed by atoms with Gasteiger partial charge in [0.25, 0.3) is 0 Å². The SMILES string of the molecule is CCOC(=O)C1=C(O)/C(=C/c2cc(Br)c(OCC(=O)OC)c(Br)c2)SC1=Nc1ccccc1. The molecule has 3 rings (SSSR count). The van der Waals surface area contributed by atoms with Crippen molar-refractivity contribution in [3.8, 4) is 5.75 Å². The third-order valence-electron chi connectivity index (χ3n) is 4.24. The summed E-state index contributed by atoms with van der Waals surface area (Å²) in [5.41, 5.74) is 1.37. The number of hydrogen-bond donors (Lipinski definition) is 1. The molecule has 33 heavy (non-hydrogen) atoms. The van der Waals surface area contributed by atoms with E-state index in [1.807, 2.05) is 18.2 Å². The minimum atomic E-state index is -0.644. The molecule has 10 heteroatoms. The van der Waals surface area contributed by atoms with Crippen LogP contribution in [0.25, 0.3) is 6.08 Å². The van der Waals surface area contributed by atoms with Crippen LogP contribution in [0.15, 0.2) is 72.6 Å². The first-order valence-electron chi connectivity index (χ1n) is 9.67. The summed E-state index contributed by atoms with van der Waals surface area (Å²) in [5.74, 6) is -0.921. The third kappa shape index (κ3) is 6.27. The van der Waals surface area contributed by atoms with Crippen LogP contribution in [0.4, 0.5) is 5.69 Å². The molecular formula is C23H19Br2NO6S. The van der Waals surface area contributed by atoms with Crippen LogP contribution in [0.1, 0.15) is 12.5 Å². The number of rotatable bonds is 7. The van der Waals surface area contributed by atoms with Crippen LogP contribution in [0.5, 0.6) is 5.75 Å². The highest BCUT2D eigenvalue weighted by atomic mass is 79.9. The molecule has 0 aliphatic carbocycles. The van der Waals surface area contributed by atoms with E-state index in [-0.39, 0.29) is 24.5 Å². The van der Waals surface area contributed by atoms with E-state index in [1.54, 1.807) is 37.3 Å². The van der Waals surface area contributed by atoms with Crippen molar-refractivity contribution in [2.45, 2.75) is 6.92 Å². The lowest BCUT2D eigenvalue weighted by molar-refractivity contribution is -0.143. The molecule has 1 aliphatic heterocycles. The van der Waals surface area contributed by atoms with Crippen molar-refractivity contribution >= 4 is 72.4 Å². The topological polar surface area (TPSA) is 94.4 Å². The summed E-state index contributed by atoms with van der Waals surface area (Å²) < 4.78 is 16.4. The molecule has 0 spiro atoms. The van der Waals surface area contributed by atoms with Gasteiger partial charge >= 0.3 is 11.9 Å². The summed E-state index contributed by atoms with van der Waals surface area (Å²) in [6.07, 6.45) is 1.71. The molecule has 0 radical (unpaired) electrons. The fourth-order valence-electron chi connectivity index (χ4n) is 2.75. The van der Waals surface area contributed by atoms with Crippen LogP contribution in [0.2, 0.25) is 0 Å². The Bertz CT molecular complexity index is 1140. The molecule has 0 fully saturated rings. The molecule has 0 saturated heterocycles. The first-order chi connectivity index (χ1) is 15.8. The van der Waals surface area contributed by atoms with Crippen LogP contribution in [-0.2, 0) is 19.1 Å². The van der Waals surface area contributed by atoms with Crippen LogP contribution in [0.3, 0.4) is 0 Å². The lowest BCUT2D eigenvalue weighted by Crippen LogP contribution is -2.13. The van der Waals surface area contributed by atoms with E-state index < -0.39 is 11.9 Å². The summed E-state index contributed by atoms with van der Waals surface area (Å²) in [5, 5.41) is 11.2. The van der Waals surface area contributed by atoms with E-state index in [0.717, 1.165) is 0 Å². The van der Waals surface area contributed by atoms with Gasteiger partial charge in [0, 0.05) is 0 Å². The maximum atomic E-state index is 12.5. The van der Waals surface area contributed by atoms with E-state index in [4.69, 9.17) is 9.47 Å². The molecular weight excluding hydrogens is 578 g/mol. The number of thioether (sulfide) groups is 1. The van der Waals surface area contributed by atoms with Gasteiger partial charge in [-0.05, 0) is 74.7 Å². The summed E-state index contributed by atoms with van der Waals surface area (Å²) in [7, 11) is 1.28. The average molecular weight is 597 g/mol. The van der Waals surface area contributed by atoms with Crippen molar-refractivity contribution in [3.05, 3.63) is 73.2 Å². The molecule has 2 aromatic rings. The highest BCUT2D eigenvalue weighted by molar-refractivity contribution is 9.11. The summed E-state index contributed by atoms with van der Waals surface area (Å²) in [6, 6.07) is 12.7. The number of hydrogen-bond acceptors (Lipinski definition) is 8. The lowest BCUT2D eigenvalue weighted by atomic mass is 10.1. The Kier molecular flexibility index (Phi) is 8.76. The van der Waals surface area contributed by atoms with Gasteiger partial charge in [0.2, 0.25) is 0 Å². The van der Waals surface area contributed by atoms with E-state index in [1.165, 1.54) is 18.9 Å². The number of aliphatic hydroxyl groups excluding tert-OH is 1. The number of methoxy groups -OCH3 is 1. The monoisotopic (exact) mass is 595 g/mol. The number of aliphatic hydroxyl groups is 1. The van der Waals surface area contributed by atoms with Gasteiger partial charge in [-0.2, -0.15) is 0 Å². The molecule has 1 heterocycles. The normalized spacial score (nSPS) is 15.8. The molecule has 0 aromatic heterocycles. The van der Waals surface area contributed by atoms with Crippen LogP contribution in [-0.4, -0.2) is 42.4 Å². The van der Waals surface area contributed by atoms with Gasteiger partial charge in [-0.15, -0.1) is 0 Å². The van der Waals surface area contributed by atoms with Gasteiger partial charge < -0.3 is 19.3 Å². The second-order valence-electron chi connectivity index (χ2n) is 6.49. The van der Waals surface area contributed by atoms with Crippen LogP contribution < -0.4 is 4.74 Å². The van der Waals surface area contributed by atoms with Crippen molar-refractivity contribution in [3.63, 3.8) is 0 Å². The number of ether oxygens (including phenoxy) is 3. The Morgan fingerprint density at radius 3 is 2.42 bits per heavy atom. The van der Waals surface area contributed by atoms with Gasteiger partial charge in [-0.1, -0.05) is 30.0 Å². The fourth-order valence-corrected chi connectivity index (χ4v) is 5.24. The zero-order valence-electron chi connectivity index (χ0n) is 17.6. The molecule has 0 unspecified atom stereocenters. The van der Waals surface area contributed by atoms with Gasteiger partial charge in [0.15, 0.2) is 6.61 Å². The zero-order chi connectivity index (χ0) is 24.0. The zero-order valence-corrected chi connectivity index (χ0v) is 21.6. The number of halogens is 2. The molecule has 0 saturated carbocycles. The third-order valence-corrected chi connectivity index (χ3v) is 6.44. The molecule has 0 atom stereocenters. The number of benzene rings is 2. The number of nitrogens with zero attached hydrogens (tertiary/aromatic N) is 1. The van der Waals surface area contributed by atoms with Crippen LogP contribution in [0, 0.1) is 0 Å². The second-order valence-corrected chi connectivity index (χ2v) is 9.23. The minimum absolute atomic E-state index is 0.0214. The van der Waals surface area contributed by atoms with Gasteiger partial charge in [-0.3, -0.25) is 0 Å². The number of aliphatic imine (C=N–C) groups is 1. The first kappa shape index (κ1) is 25.1. The molecule has 172 valence electrons. The van der Waals surface area contributed by atoms with E-state index >= 15 is 0 Å².